The fraction of sp³-hybridized carbons (Fsp3) is 0.533. The summed E-state index contributed by atoms with van der Waals surface area (Å²) in [5.41, 5.74) is 1.13. The molecule has 0 unspecified atom stereocenters. The zero-order valence-electron chi connectivity index (χ0n) is 12.2. The molecule has 2 amide bonds. The van der Waals surface area contributed by atoms with E-state index >= 15 is 0 Å². The van der Waals surface area contributed by atoms with E-state index < -0.39 is 0 Å². The molecule has 0 aromatic heterocycles. The van der Waals surface area contributed by atoms with Crippen LogP contribution < -0.4 is 5.32 Å². The zero-order chi connectivity index (χ0) is 14.1. The highest BCUT2D eigenvalue weighted by Gasteiger charge is 2.10. The van der Waals surface area contributed by atoms with E-state index in [0.717, 1.165) is 31.6 Å². The normalized spacial score (nSPS) is 10.5. The number of urea groups is 1. The van der Waals surface area contributed by atoms with Crippen molar-refractivity contribution < 1.29 is 4.79 Å². The lowest BCUT2D eigenvalue weighted by Gasteiger charge is -2.22. The van der Waals surface area contributed by atoms with E-state index in [4.69, 9.17) is 0 Å². The summed E-state index contributed by atoms with van der Waals surface area (Å²) in [6, 6.07) is 9.99. The van der Waals surface area contributed by atoms with Gasteiger partial charge in [-0.15, -0.1) is 0 Å². The quantitative estimate of drug-likeness (QED) is 0.818. The highest BCUT2D eigenvalue weighted by atomic mass is 16.2. The van der Waals surface area contributed by atoms with E-state index in [2.05, 4.69) is 10.2 Å². The van der Waals surface area contributed by atoms with Gasteiger partial charge in [-0.25, -0.2) is 4.79 Å². The molecule has 4 nitrogen and oxygen atoms in total. The summed E-state index contributed by atoms with van der Waals surface area (Å²) in [4.78, 5) is 16.0. The Morgan fingerprint density at radius 2 is 1.84 bits per heavy atom. The molecule has 1 aromatic rings. The van der Waals surface area contributed by atoms with Crippen LogP contribution in [0.3, 0.4) is 0 Å². The van der Waals surface area contributed by atoms with Gasteiger partial charge in [-0.1, -0.05) is 30.3 Å². The van der Waals surface area contributed by atoms with Gasteiger partial charge in [-0.05, 0) is 39.5 Å². The third-order valence-corrected chi connectivity index (χ3v) is 2.99. The van der Waals surface area contributed by atoms with Crippen molar-refractivity contribution in [2.75, 3.05) is 33.7 Å². The average molecular weight is 263 g/mol. The molecule has 0 atom stereocenters. The highest BCUT2D eigenvalue weighted by Crippen LogP contribution is 1.99. The van der Waals surface area contributed by atoms with Gasteiger partial charge in [0.15, 0.2) is 0 Å². The molecule has 0 fully saturated rings. The highest BCUT2D eigenvalue weighted by molar-refractivity contribution is 5.74. The Bertz CT molecular complexity index is 365. The van der Waals surface area contributed by atoms with Crippen molar-refractivity contribution >= 4 is 6.03 Å². The number of nitrogens with zero attached hydrogens (tertiary/aromatic N) is 2. The molecule has 1 aromatic carbocycles. The lowest BCUT2D eigenvalue weighted by molar-refractivity contribution is 0.197. The molecule has 1 rings (SSSR count). The summed E-state index contributed by atoms with van der Waals surface area (Å²) < 4.78 is 0. The Balaban J connectivity index is 2.33. The minimum atomic E-state index is 0.0186. The lowest BCUT2D eigenvalue weighted by Crippen LogP contribution is -2.40. The van der Waals surface area contributed by atoms with Gasteiger partial charge < -0.3 is 15.1 Å². The Kier molecular flexibility index (Phi) is 6.97. The molecule has 1 N–H and O–H groups in total. The molecular weight excluding hydrogens is 238 g/mol. The SMILES string of the molecule is CCN(CCCN(C)C)C(=O)NCc1ccccc1. The number of nitrogens with one attached hydrogen (secondary N) is 1. The minimum absolute atomic E-state index is 0.0186. The van der Waals surface area contributed by atoms with Crippen LogP contribution in [0.5, 0.6) is 0 Å². The second kappa shape index (κ2) is 8.53. The van der Waals surface area contributed by atoms with Gasteiger partial charge in [0.05, 0.1) is 0 Å². The first kappa shape index (κ1) is 15.5. The molecule has 0 heterocycles. The van der Waals surface area contributed by atoms with E-state index in [-0.39, 0.29) is 6.03 Å². The van der Waals surface area contributed by atoms with Crippen LogP contribution in [0, 0.1) is 0 Å². The second-order valence-electron chi connectivity index (χ2n) is 4.88. The van der Waals surface area contributed by atoms with Crippen LogP contribution in [-0.2, 0) is 6.54 Å². The van der Waals surface area contributed by atoms with Gasteiger partial charge >= 0.3 is 6.03 Å². The van der Waals surface area contributed by atoms with Crippen LogP contribution in [-0.4, -0.2) is 49.6 Å². The molecule has 106 valence electrons. The maximum Gasteiger partial charge on any atom is 0.317 e. The number of hydrogen-bond acceptors (Lipinski definition) is 2. The number of amides is 2. The first-order valence-corrected chi connectivity index (χ1v) is 6.85. The largest absolute Gasteiger partial charge is 0.334 e. The van der Waals surface area contributed by atoms with Gasteiger partial charge in [0, 0.05) is 19.6 Å². The Morgan fingerprint density at radius 1 is 1.16 bits per heavy atom. The number of carbonyl (C=O) groups is 1. The molecule has 4 heteroatoms. The number of benzene rings is 1. The van der Waals surface area contributed by atoms with E-state index in [1.54, 1.807) is 0 Å². The van der Waals surface area contributed by atoms with Crippen LogP contribution in [0.1, 0.15) is 18.9 Å². The first-order chi connectivity index (χ1) is 9.13. The third kappa shape index (κ3) is 6.25. The molecule has 0 saturated heterocycles. The van der Waals surface area contributed by atoms with Crippen LogP contribution >= 0.6 is 0 Å². The van der Waals surface area contributed by atoms with Crippen LogP contribution in [0.4, 0.5) is 4.79 Å². The van der Waals surface area contributed by atoms with Gasteiger partial charge in [-0.3, -0.25) is 0 Å². The molecule has 0 aliphatic carbocycles. The minimum Gasteiger partial charge on any atom is -0.334 e. The maximum absolute atomic E-state index is 12.0. The summed E-state index contributed by atoms with van der Waals surface area (Å²) in [7, 11) is 4.09. The van der Waals surface area contributed by atoms with Crippen molar-refractivity contribution in [2.24, 2.45) is 0 Å². The summed E-state index contributed by atoms with van der Waals surface area (Å²) in [5.74, 6) is 0. The standard InChI is InChI=1S/C15H25N3O/c1-4-18(12-8-11-17(2)3)15(19)16-13-14-9-6-5-7-10-14/h5-7,9-10H,4,8,11-13H2,1-3H3,(H,16,19). The lowest BCUT2D eigenvalue weighted by atomic mass is 10.2. The van der Waals surface area contributed by atoms with E-state index in [9.17, 15) is 4.79 Å². The van der Waals surface area contributed by atoms with Crippen LogP contribution in [0.2, 0.25) is 0 Å². The van der Waals surface area contributed by atoms with Crippen molar-refractivity contribution in [2.45, 2.75) is 19.9 Å². The Labute approximate surface area is 116 Å². The monoisotopic (exact) mass is 263 g/mol. The van der Waals surface area contributed by atoms with Gasteiger partial charge in [0.2, 0.25) is 0 Å². The molecule has 0 aliphatic rings. The fourth-order valence-corrected chi connectivity index (χ4v) is 1.87. The number of hydrogen-bond donors (Lipinski definition) is 1. The predicted octanol–water partition coefficient (Wildman–Crippen LogP) is 2.17. The van der Waals surface area contributed by atoms with E-state index in [1.165, 1.54) is 0 Å². The summed E-state index contributed by atoms with van der Waals surface area (Å²) >= 11 is 0. The van der Waals surface area contributed by atoms with Crippen LogP contribution in [0.25, 0.3) is 0 Å². The Morgan fingerprint density at radius 3 is 2.42 bits per heavy atom. The van der Waals surface area contributed by atoms with Crippen molar-refractivity contribution in [3.63, 3.8) is 0 Å². The van der Waals surface area contributed by atoms with Crippen LogP contribution in [0.15, 0.2) is 30.3 Å². The van der Waals surface area contributed by atoms with Gasteiger partial charge in [-0.2, -0.15) is 0 Å². The molecule has 0 bridgehead atoms. The number of rotatable bonds is 7. The van der Waals surface area contributed by atoms with Crippen molar-refractivity contribution in [3.8, 4) is 0 Å². The predicted molar refractivity (Wildman–Crippen MR) is 79.1 cm³/mol. The fourth-order valence-electron chi connectivity index (χ4n) is 1.87. The van der Waals surface area contributed by atoms with Crippen molar-refractivity contribution in [3.05, 3.63) is 35.9 Å². The van der Waals surface area contributed by atoms with E-state index in [0.29, 0.717) is 6.54 Å². The van der Waals surface area contributed by atoms with Crippen molar-refractivity contribution in [1.29, 1.82) is 0 Å². The van der Waals surface area contributed by atoms with Gasteiger partial charge in [0.25, 0.3) is 0 Å². The average Bonchev–Trinajstić information content (AvgIpc) is 2.42. The molecule has 0 spiro atoms. The summed E-state index contributed by atoms with van der Waals surface area (Å²) in [5, 5.41) is 2.96. The summed E-state index contributed by atoms with van der Waals surface area (Å²) in [6.07, 6.45) is 1.000. The van der Waals surface area contributed by atoms with Crippen molar-refractivity contribution in [1.82, 2.24) is 15.1 Å². The molecule has 0 aliphatic heterocycles. The Hall–Kier alpha value is -1.55. The zero-order valence-corrected chi connectivity index (χ0v) is 12.2. The summed E-state index contributed by atoms with van der Waals surface area (Å²) in [6.45, 7) is 5.15. The smallest absolute Gasteiger partial charge is 0.317 e. The van der Waals surface area contributed by atoms with Gasteiger partial charge in [0.1, 0.15) is 0 Å². The van der Waals surface area contributed by atoms with E-state index in [1.807, 2.05) is 56.3 Å². The molecule has 0 radical (unpaired) electrons. The molecule has 0 saturated carbocycles. The topological polar surface area (TPSA) is 35.6 Å². The third-order valence-electron chi connectivity index (χ3n) is 2.99. The first-order valence-electron chi connectivity index (χ1n) is 6.85. The molecule has 19 heavy (non-hydrogen) atoms. The maximum atomic E-state index is 12.0. The molecular formula is C15H25N3O. The second-order valence-corrected chi connectivity index (χ2v) is 4.88. The number of carbonyl (C=O) groups excluding carboxylic acids is 1.